The zero-order valence-electron chi connectivity index (χ0n) is 10.7. The number of amides is 1. The largest absolute Gasteiger partial charge is 0.481 e. The summed E-state index contributed by atoms with van der Waals surface area (Å²) in [6.45, 7) is 2.64. The van der Waals surface area contributed by atoms with Gasteiger partial charge in [-0.3, -0.25) is 9.59 Å². The minimum absolute atomic E-state index is 0.0324. The zero-order valence-corrected chi connectivity index (χ0v) is 10.7. The van der Waals surface area contributed by atoms with Gasteiger partial charge in [0, 0.05) is 19.5 Å². The molecule has 0 aliphatic carbocycles. The van der Waals surface area contributed by atoms with Crippen molar-refractivity contribution in [1.82, 2.24) is 4.90 Å². The molecule has 19 heavy (non-hydrogen) atoms. The lowest BCUT2D eigenvalue weighted by molar-refractivity contribution is -0.138. The number of halogens is 1. The van der Waals surface area contributed by atoms with Crippen molar-refractivity contribution in [3.63, 3.8) is 0 Å². The Morgan fingerprint density at radius 2 is 2.21 bits per heavy atom. The summed E-state index contributed by atoms with van der Waals surface area (Å²) in [5.74, 6) is -1.77. The summed E-state index contributed by atoms with van der Waals surface area (Å²) in [5.41, 5.74) is 0.820. The molecule has 1 saturated heterocycles. The summed E-state index contributed by atoms with van der Waals surface area (Å²) < 4.78 is 13.7. The predicted molar refractivity (Wildman–Crippen MR) is 67.4 cm³/mol. The van der Waals surface area contributed by atoms with Gasteiger partial charge in [-0.15, -0.1) is 0 Å². The van der Waals surface area contributed by atoms with E-state index in [1.54, 1.807) is 13.0 Å². The number of aryl methyl sites for hydroxylation is 1. The fourth-order valence-corrected chi connectivity index (χ4v) is 2.39. The van der Waals surface area contributed by atoms with Gasteiger partial charge in [0.05, 0.1) is 5.56 Å². The van der Waals surface area contributed by atoms with Crippen molar-refractivity contribution in [3.8, 4) is 0 Å². The molecule has 5 heteroatoms. The third kappa shape index (κ3) is 3.10. The zero-order chi connectivity index (χ0) is 14.0. The molecule has 0 aromatic heterocycles. The quantitative estimate of drug-likeness (QED) is 0.910. The number of carbonyl (C=O) groups is 2. The number of carboxylic acids is 1. The van der Waals surface area contributed by atoms with Gasteiger partial charge in [-0.05, 0) is 37.0 Å². The van der Waals surface area contributed by atoms with Gasteiger partial charge in [-0.25, -0.2) is 4.39 Å². The van der Waals surface area contributed by atoms with E-state index in [0.29, 0.717) is 19.5 Å². The van der Waals surface area contributed by atoms with E-state index >= 15 is 0 Å². The van der Waals surface area contributed by atoms with Crippen LogP contribution in [0.1, 0.15) is 28.8 Å². The number of carbonyl (C=O) groups excluding carboxylic acids is 1. The molecule has 1 unspecified atom stereocenters. The molecule has 0 spiro atoms. The number of hydrogen-bond acceptors (Lipinski definition) is 2. The van der Waals surface area contributed by atoms with Crippen LogP contribution in [0.15, 0.2) is 18.2 Å². The minimum atomic E-state index is -0.860. The Morgan fingerprint density at radius 1 is 1.47 bits per heavy atom. The Bertz CT molecular complexity index is 515. The Labute approximate surface area is 110 Å². The van der Waals surface area contributed by atoms with Gasteiger partial charge in [0.25, 0.3) is 5.91 Å². The van der Waals surface area contributed by atoms with Crippen molar-refractivity contribution in [2.75, 3.05) is 13.1 Å². The fourth-order valence-electron chi connectivity index (χ4n) is 2.39. The predicted octanol–water partition coefficient (Wildman–Crippen LogP) is 2.07. The number of nitrogens with zero attached hydrogens (tertiary/aromatic N) is 1. The second-order valence-electron chi connectivity index (χ2n) is 4.99. The molecule has 0 radical (unpaired) electrons. The van der Waals surface area contributed by atoms with Crippen LogP contribution in [0.3, 0.4) is 0 Å². The first kappa shape index (κ1) is 13.5. The maximum absolute atomic E-state index is 13.7. The lowest BCUT2D eigenvalue weighted by Gasteiger charge is -2.16. The highest BCUT2D eigenvalue weighted by molar-refractivity contribution is 5.94. The van der Waals surface area contributed by atoms with Crippen molar-refractivity contribution in [2.24, 2.45) is 5.92 Å². The average molecular weight is 265 g/mol. The molecule has 1 fully saturated rings. The van der Waals surface area contributed by atoms with Crippen LogP contribution >= 0.6 is 0 Å². The van der Waals surface area contributed by atoms with Gasteiger partial charge >= 0.3 is 5.97 Å². The molecule has 102 valence electrons. The highest BCUT2D eigenvalue weighted by Crippen LogP contribution is 2.22. The van der Waals surface area contributed by atoms with E-state index in [0.717, 1.165) is 5.56 Å². The summed E-state index contributed by atoms with van der Waals surface area (Å²) in [4.78, 5) is 24.3. The van der Waals surface area contributed by atoms with Crippen molar-refractivity contribution >= 4 is 11.9 Å². The molecule has 1 atom stereocenters. The van der Waals surface area contributed by atoms with E-state index in [9.17, 15) is 14.0 Å². The van der Waals surface area contributed by atoms with E-state index < -0.39 is 11.8 Å². The van der Waals surface area contributed by atoms with Gasteiger partial charge in [-0.2, -0.15) is 0 Å². The smallest absolute Gasteiger partial charge is 0.303 e. The van der Waals surface area contributed by atoms with Crippen molar-refractivity contribution in [2.45, 2.75) is 19.8 Å². The lowest BCUT2D eigenvalue weighted by atomic mass is 10.1. The highest BCUT2D eigenvalue weighted by Gasteiger charge is 2.29. The second kappa shape index (κ2) is 5.38. The van der Waals surface area contributed by atoms with Crippen LogP contribution in [0, 0.1) is 18.7 Å². The van der Waals surface area contributed by atoms with Crippen LogP contribution in [-0.4, -0.2) is 35.0 Å². The third-order valence-corrected chi connectivity index (χ3v) is 3.39. The van der Waals surface area contributed by atoms with E-state index in [-0.39, 0.29) is 23.8 Å². The first-order valence-corrected chi connectivity index (χ1v) is 6.24. The Hall–Kier alpha value is -1.91. The highest BCUT2D eigenvalue weighted by atomic mass is 19.1. The van der Waals surface area contributed by atoms with Gasteiger partial charge in [0.2, 0.25) is 0 Å². The van der Waals surface area contributed by atoms with Crippen LogP contribution in [0.25, 0.3) is 0 Å². The van der Waals surface area contributed by atoms with Crippen LogP contribution in [0.5, 0.6) is 0 Å². The molecule has 1 aliphatic heterocycles. The monoisotopic (exact) mass is 265 g/mol. The molecule has 4 nitrogen and oxygen atoms in total. The molecular weight excluding hydrogens is 249 g/mol. The summed E-state index contributed by atoms with van der Waals surface area (Å²) in [6, 6.07) is 4.51. The van der Waals surface area contributed by atoms with Crippen LogP contribution < -0.4 is 0 Å². The SMILES string of the molecule is Cc1ccc(C(=O)N2CCC(CC(=O)O)C2)c(F)c1. The van der Waals surface area contributed by atoms with Crippen molar-refractivity contribution in [1.29, 1.82) is 0 Å². The molecule has 1 aromatic rings. The second-order valence-corrected chi connectivity index (χ2v) is 4.99. The summed E-state index contributed by atoms with van der Waals surface area (Å²) in [5, 5.41) is 8.73. The maximum Gasteiger partial charge on any atom is 0.303 e. The van der Waals surface area contributed by atoms with Crippen molar-refractivity contribution < 1.29 is 19.1 Å². The molecule has 0 saturated carbocycles. The number of aliphatic carboxylic acids is 1. The van der Waals surface area contributed by atoms with Crippen LogP contribution in [-0.2, 0) is 4.79 Å². The standard InChI is InChI=1S/C14H16FNO3/c1-9-2-3-11(12(15)6-9)14(19)16-5-4-10(8-16)7-13(17)18/h2-3,6,10H,4-5,7-8H2,1H3,(H,17,18). The molecule has 1 aliphatic rings. The van der Waals surface area contributed by atoms with Gasteiger partial charge in [0.1, 0.15) is 5.82 Å². The fraction of sp³-hybridized carbons (Fsp3) is 0.429. The topological polar surface area (TPSA) is 57.6 Å². The summed E-state index contributed by atoms with van der Waals surface area (Å²) in [6.07, 6.45) is 0.714. The Morgan fingerprint density at radius 3 is 2.84 bits per heavy atom. The Kier molecular flexibility index (Phi) is 3.83. The Balaban J connectivity index is 2.07. The number of carboxylic acid groups (broad SMARTS) is 1. The normalized spacial score (nSPS) is 18.6. The molecule has 1 heterocycles. The van der Waals surface area contributed by atoms with Crippen LogP contribution in [0.2, 0.25) is 0 Å². The van der Waals surface area contributed by atoms with E-state index in [1.165, 1.54) is 17.0 Å². The van der Waals surface area contributed by atoms with E-state index in [2.05, 4.69) is 0 Å². The molecule has 1 aromatic carbocycles. The number of likely N-dealkylation sites (tertiary alicyclic amines) is 1. The molecule has 1 amide bonds. The number of hydrogen-bond donors (Lipinski definition) is 1. The minimum Gasteiger partial charge on any atom is -0.481 e. The first-order valence-electron chi connectivity index (χ1n) is 6.24. The van der Waals surface area contributed by atoms with Gasteiger partial charge in [0.15, 0.2) is 0 Å². The van der Waals surface area contributed by atoms with Gasteiger partial charge in [-0.1, -0.05) is 6.07 Å². The summed E-state index contributed by atoms with van der Waals surface area (Å²) >= 11 is 0. The number of rotatable bonds is 3. The van der Waals surface area contributed by atoms with E-state index in [4.69, 9.17) is 5.11 Å². The molecule has 2 rings (SSSR count). The molecule has 1 N–H and O–H groups in total. The molecule has 0 bridgehead atoms. The lowest BCUT2D eigenvalue weighted by Crippen LogP contribution is -2.29. The maximum atomic E-state index is 13.7. The van der Waals surface area contributed by atoms with Crippen LogP contribution in [0.4, 0.5) is 4.39 Å². The van der Waals surface area contributed by atoms with Crippen molar-refractivity contribution in [3.05, 3.63) is 35.1 Å². The third-order valence-electron chi connectivity index (χ3n) is 3.39. The van der Waals surface area contributed by atoms with Gasteiger partial charge < -0.3 is 10.0 Å². The number of benzene rings is 1. The first-order chi connectivity index (χ1) is 8.97. The summed E-state index contributed by atoms with van der Waals surface area (Å²) in [7, 11) is 0. The average Bonchev–Trinajstić information content (AvgIpc) is 2.75. The van der Waals surface area contributed by atoms with E-state index in [1.807, 2.05) is 0 Å². The molecular formula is C14H16FNO3.